The van der Waals surface area contributed by atoms with Crippen LogP contribution in [0.1, 0.15) is 34.5 Å². The number of amides is 1. The molecule has 0 aliphatic heterocycles. The number of nitrogens with one attached hydrogen (secondary N) is 1. The lowest BCUT2D eigenvalue weighted by molar-refractivity contribution is -0.479. The number of nitrogens with zero attached hydrogens (tertiary/aromatic N) is 1. The SMILES string of the molecule is CC(NC(=O)c1ccc(C(C[N+](=O)[O-])SCCC(=O)O)cc1)C(=O)O. The van der Waals surface area contributed by atoms with Gasteiger partial charge in [0.15, 0.2) is 0 Å². The van der Waals surface area contributed by atoms with Crippen molar-refractivity contribution in [1.29, 1.82) is 0 Å². The third kappa shape index (κ3) is 7.21. The molecule has 9 nitrogen and oxygen atoms in total. The van der Waals surface area contributed by atoms with Gasteiger partial charge in [0.1, 0.15) is 6.04 Å². The van der Waals surface area contributed by atoms with E-state index < -0.39 is 34.1 Å². The Morgan fingerprint density at radius 1 is 1.24 bits per heavy atom. The Labute approximate surface area is 147 Å². The summed E-state index contributed by atoms with van der Waals surface area (Å²) in [6.07, 6.45) is -0.105. The van der Waals surface area contributed by atoms with Gasteiger partial charge in [0.2, 0.25) is 6.54 Å². The Morgan fingerprint density at radius 3 is 2.32 bits per heavy atom. The molecule has 2 unspecified atom stereocenters. The molecule has 0 bridgehead atoms. The van der Waals surface area contributed by atoms with Crippen LogP contribution in [0.3, 0.4) is 0 Å². The molecular weight excluding hydrogens is 352 g/mol. The number of nitro groups is 1. The van der Waals surface area contributed by atoms with Crippen molar-refractivity contribution in [3.63, 3.8) is 0 Å². The predicted octanol–water partition coefficient (Wildman–Crippen LogP) is 1.42. The van der Waals surface area contributed by atoms with Crippen LogP contribution < -0.4 is 5.32 Å². The van der Waals surface area contributed by atoms with E-state index in [1.165, 1.54) is 19.1 Å². The maximum Gasteiger partial charge on any atom is 0.325 e. The number of carboxylic acids is 2. The molecular formula is C15H18N2O7S. The van der Waals surface area contributed by atoms with E-state index in [1.54, 1.807) is 12.1 Å². The molecule has 0 saturated heterocycles. The molecule has 0 aliphatic rings. The molecule has 0 fully saturated rings. The molecule has 10 heteroatoms. The van der Waals surface area contributed by atoms with Crippen LogP contribution in [0.25, 0.3) is 0 Å². The molecule has 25 heavy (non-hydrogen) atoms. The highest BCUT2D eigenvalue weighted by atomic mass is 32.2. The van der Waals surface area contributed by atoms with E-state index in [4.69, 9.17) is 10.2 Å². The minimum Gasteiger partial charge on any atom is -0.481 e. The molecule has 0 radical (unpaired) electrons. The summed E-state index contributed by atoms with van der Waals surface area (Å²) < 4.78 is 0. The summed E-state index contributed by atoms with van der Waals surface area (Å²) in [6.45, 7) is 0.965. The third-order valence-electron chi connectivity index (χ3n) is 3.21. The average Bonchev–Trinajstić information content (AvgIpc) is 2.53. The molecule has 3 N–H and O–H groups in total. The summed E-state index contributed by atoms with van der Waals surface area (Å²) in [5.74, 6) is -2.48. The number of aliphatic carboxylic acids is 2. The van der Waals surface area contributed by atoms with Crippen LogP contribution in [0.2, 0.25) is 0 Å². The number of thioether (sulfide) groups is 1. The topological polar surface area (TPSA) is 147 Å². The predicted molar refractivity (Wildman–Crippen MR) is 90.3 cm³/mol. The maximum absolute atomic E-state index is 11.9. The van der Waals surface area contributed by atoms with Gasteiger partial charge in [-0.25, -0.2) is 0 Å². The van der Waals surface area contributed by atoms with Gasteiger partial charge >= 0.3 is 11.9 Å². The van der Waals surface area contributed by atoms with Crippen molar-refractivity contribution < 1.29 is 29.5 Å². The van der Waals surface area contributed by atoms with E-state index in [9.17, 15) is 24.5 Å². The Bertz CT molecular complexity index is 648. The molecule has 0 aliphatic carbocycles. The molecule has 0 heterocycles. The number of rotatable bonds is 10. The van der Waals surface area contributed by atoms with Gasteiger partial charge in [0, 0.05) is 16.2 Å². The second-order valence-electron chi connectivity index (χ2n) is 5.17. The first-order chi connectivity index (χ1) is 11.7. The van der Waals surface area contributed by atoms with Crippen LogP contribution in [0.15, 0.2) is 24.3 Å². The fraction of sp³-hybridized carbons (Fsp3) is 0.400. The summed E-state index contributed by atoms with van der Waals surface area (Å²) in [7, 11) is 0. The highest BCUT2D eigenvalue weighted by Gasteiger charge is 2.20. The van der Waals surface area contributed by atoms with Crippen LogP contribution in [0, 0.1) is 10.1 Å². The van der Waals surface area contributed by atoms with E-state index >= 15 is 0 Å². The first-order valence-electron chi connectivity index (χ1n) is 7.29. The van der Waals surface area contributed by atoms with E-state index in [1.807, 2.05) is 0 Å². The Kier molecular flexibility index (Phi) is 7.86. The monoisotopic (exact) mass is 370 g/mol. The largest absolute Gasteiger partial charge is 0.481 e. The number of carbonyl (C=O) groups excluding carboxylic acids is 1. The summed E-state index contributed by atoms with van der Waals surface area (Å²) in [6, 6.07) is 4.94. The van der Waals surface area contributed by atoms with E-state index in [0.717, 1.165) is 11.8 Å². The van der Waals surface area contributed by atoms with Crippen LogP contribution in [0.4, 0.5) is 0 Å². The summed E-state index contributed by atoms with van der Waals surface area (Å²) in [4.78, 5) is 43.5. The van der Waals surface area contributed by atoms with Crippen molar-refractivity contribution in [2.75, 3.05) is 12.3 Å². The number of benzene rings is 1. The van der Waals surface area contributed by atoms with Crippen molar-refractivity contribution >= 4 is 29.6 Å². The Morgan fingerprint density at radius 2 is 1.84 bits per heavy atom. The average molecular weight is 370 g/mol. The van der Waals surface area contributed by atoms with Gasteiger partial charge < -0.3 is 15.5 Å². The Hall–Kier alpha value is -2.62. The second kappa shape index (κ2) is 9.62. The normalized spacial score (nSPS) is 12.8. The van der Waals surface area contributed by atoms with E-state index in [0.29, 0.717) is 5.56 Å². The summed E-state index contributed by atoms with van der Waals surface area (Å²) >= 11 is 1.16. The third-order valence-corrected chi connectivity index (χ3v) is 4.48. The van der Waals surface area contributed by atoms with Gasteiger partial charge in [0.05, 0.1) is 11.7 Å². The van der Waals surface area contributed by atoms with Crippen molar-refractivity contribution in [1.82, 2.24) is 5.32 Å². The molecule has 1 amide bonds. The van der Waals surface area contributed by atoms with Crippen LogP contribution in [-0.2, 0) is 9.59 Å². The molecule has 0 saturated carbocycles. The summed E-state index contributed by atoms with van der Waals surface area (Å²) in [5, 5.41) is 30.0. The lowest BCUT2D eigenvalue weighted by atomic mass is 10.1. The fourth-order valence-electron chi connectivity index (χ4n) is 1.87. The van der Waals surface area contributed by atoms with Gasteiger partial charge in [-0.2, -0.15) is 0 Å². The second-order valence-corrected chi connectivity index (χ2v) is 6.48. The smallest absolute Gasteiger partial charge is 0.325 e. The standard InChI is InChI=1S/C15H18N2O7S/c1-9(15(21)22)16-14(20)11-4-2-10(3-5-11)12(8-17(23)24)25-7-6-13(18)19/h2-5,9,12H,6-8H2,1H3,(H,16,20)(H,18,19)(H,21,22). The maximum atomic E-state index is 11.9. The minimum atomic E-state index is -1.16. The highest BCUT2D eigenvalue weighted by molar-refractivity contribution is 7.99. The van der Waals surface area contributed by atoms with Gasteiger partial charge in [-0.1, -0.05) is 12.1 Å². The minimum absolute atomic E-state index is 0.105. The zero-order chi connectivity index (χ0) is 19.0. The zero-order valence-corrected chi connectivity index (χ0v) is 14.2. The lowest BCUT2D eigenvalue weighted by Crippen LogP contribution is -2.38. The lowest BCUT2D eigenvalue weighted by Gasteiger charge is -2.14. The van der Waals surface area contributed by atoms with Crippen molar-refractivity contribution in [3.05, 3.63) is 45.5 Å². The van der Waals surface area contributed by atoms with Gasteiger partial charge in [-0.05, 0) is 24.6 Å². The molecule has 1 rings (SSSR count). The number of carbonyl (C=O) groups is 3. The first-order valence-corrected chi connectivity index (χ1v) is 8.34. The van der Waals surface area contributed by atoms with Gasteiger partial charge in [0.25, 0.3) is 5.91 Å². The number of carboxylic acid groups (broad SMARTS) is 2. The molecule has 1 aromatic rings. The van der Waals surface area contributed by atoms with E-state index in [2.05, 4.69) is 5.32 Å². The first kappa shape index (κ1) is 20.4. The van der Waals surface area contributed by atoms with Crippen molar-refractivity contribution in [2.24, 2.45) is 0 Å². The molecule has 0 spiro atoms. The van der Waals surface area contributed by atoms with Crippen LogP contribution in [-0.4, -0.2) is 51.3 Å². The van der Waals surface area contributed by atoms with Crippen molar-refractivity contribution in [2.45, 2.75) is 24.6 Å². The molecule has 136 valence electrons. The van der Waals surface area contributed by atoms with Gasteiger partial charge in [-0.3, -0.25) is 24.5 Å². The number of hydrogen-bond acceptors (Lipinski definition) is 6. The quantitative estimate of drug-likeness (QED) is 0.414. The fourth-order valence-corrected chi connectivity index (χ4v) is 3.02. The number of hydrogen-bond donors (Lipinski definition) is 3. The van der Waals surface area contributed by atoms with Crippen LogP contribution >= 0.6 is 11.8 Å². The van der Waals surface area contributed by atoms with Crippen molar-refractivity contribution in [3.8, 4) is 0 Å². The van der Waals surface area contributed by atoms with Crippen LogP contribution in [0.5, 0.6) is 0 Å². The molecule has 1 aromatic carbocycles. The van der Waals surface area contributed by atoms with Gasteiger partial charge in [-0.15, -0.1) is 11.8 Å². The zero-order valence-electron chi connectivity index (χ0n) is 13.4. The molecule has 0 aromatic heterocycles. The van der Waals surface area contributed by atoms with E-state index in [-0.39, 0.29) is 24.3 Å². The highest BCUT2D eigenvalue weighted by Crippen LogP contribution is 2.29. The summed E-state index contributed by atoms with van der Waals surface area (Å²) in [5.41, 5.74) is 0.821. The molecule has 2 atom stereocenters. The Balaban J connectivity index is 2.80.